The van der Waals surface area contributed by atoms with Gasteiger partial charge in [-0.05, 0) is 24.8 Å². The van der Waals surface area contributed by atoms with Crippen LogP contribution in [0.1, 0.15) is 30.3 Å². The van der Waals surface area contributed by atoms with E-state index in [-0.39, 0.29) is 11.7 Å². The van der Waals surface area contributed by atoms with Gasteiger partial charge in [0.2, 0.25) is 0 Å². The number of carboxylic acids is 1. The lowest BCUT2D eigenvalue weighted by atomic mass is 9.90. The first kappa shape index (κ1) is 14.0. The summed E-state index contributed by atoms with van der Waals surface area (Å²) in [5, 5.41) is 19.8. The molecule has 0 spiro atoms. The zero-order chi connectivity index (χ0) is 14.9. The lowest BCUT2D eigenvalue weighted by molar-refractivity contribution is -0.402. The van der Waals surface area contributed by atoms with Crippen molar-refractivity contribution >= 4 is 17.8 Å². The lowest BCUT2D eigenvalue weighted by Gasteiger charge is -2.36. The number of furan rings is 1. The predicted octanol–water partition coefficient (Wildman–Crippen LogP) is 1.51. The second-order valence-corrected chi connectivity index (χ2v) is 4.80. The van der Waals surface area contributed by atoms with E-state index in [4.69, 9.17) is 4.42 Å². The Labute approximate surface area is 114 Å². The van der Waals surface area contributed by atoms with Gasteiger partial charge in [0, 0.05) is 6.54 Å². The summed E-state index contributed by atoms with van der Waals surface area (Å²) in [4.78, 5) is 34.5. The van der Waals surface area contributed by atoms with E-state index in [0.29, 0.717) is 13.0 Å². The molecule has 0 aromatic carbocycles. The van der Waals surface area contributed by atoms with Crippen LogP contribution < -0.4 is 0 Å². The first-order valence-corrected chi connectivity index (χ1v) is 6.20. The minimum absolute atomic E-state index is 0.171. The molecule has 2 rings (SSSR count). The molecule has 20 heavy (non-hydrogen) atoms. The number of carbonyl (C=O) groups is 2. The van der Waals surface area contributed by atoms with E-state index in [1.165, 1.54) is 11.0 Å². The topological polar surface area (TPSA) is 114 Å². The van der Waals surface area contributed by atoms with Crippen LogP contribution in [-0.2, 0) is 4.79 Å². The first-order valence-electron chi connectivity index (χ1n) is 6.20. The fourth-order valence-corrected chi connectivity index (χ4v) is 2.47. The summed E-state index contributed by atoms with van der Waals surface area (Å²) in [6.07, 6.45) is 1.42. The van der Waals surface area contributed by atoms with Crippen LogP contribution in [0.25, 0.3) is 0 Å². The molecule has 8 heteroatoms. The largest absolute Gasteiger partial charge is 0.480 e. The number of carbonyl (C=O) groups excluding carboxylic acids is 1. The summed E-state index contributed by atoms with van der Waals surface area (Å²) < 4.78 is 4.84. The number of carboxylic acid groups (broad SMARTS) is 1. The van der Waals surface area contributed by atoms with Gasteiger partial charge in [0.15, 0.2) is 5.76 Å². The normalized spacial score (nSPS) is 22.6. The van der Waals surface area contributed by atoms with Crippen molar-refractivity contribution in [2.24, 2.45) is 5.92 Å². The third-order valence-electron chi connectivity index (χ3n) is 3.43. The van der Waals surface area contributed by atoms with Crippen molar-refractivity contribution in [1.29, 1.82) is 0 Å². The second-order valence-electron chi connectivity index (χ2n) is 4.80. The predicted molar refractivity (Wildman–Crippen MR) is 66.2 cm³/mol. The molecule has 1 aliphatic rings. The molecule has 1 saturated heterocycles. The number of amides is 1. The van der Waals surface area contributed by atoms with Gasteiger partial charge < -0.3 is 14.4 Å². The van der Waals surface area contributed by atoms with Crippen molar-refractivity contribution in [1.82, 2.24) is 4.90 Å². The van der Waals surface area contributed by atoms with Gasteiger partial charge >= 0.3 is 11.9 Å². The molecule has 2 atom stereocenters. The number of piperidine rings is 1. The minimum Gasteiger partial charge on any atom is -0.480 e. The number of hydrogen-bond acceptors (Lipinski definition) is 5. The highest BCUT2D eigenvalue weighted by Crippen LogP contribution is 2.26. The molecule has 0 radical (unpaired) electrons. The van der Waals surface area contributed by atoms with Crippen LogP contribution in [0.3, 0.4) is 0 Å². The number of nitro groups is 1. The Morgan fingerprint density at radius 1 is 1.50 bits per heavy atom. The van der Waals surface area contributed by atoms with E-state index in [1.807, 2.05) is 0 Å². The Kier molecular flexibility index (Phi) is 3.73. The summed E-state index contributed by atoms with van der Waals surface area (Å²) in [5.41, 5.74) is 0. The minimum atomic E-state index is -1.08. The standard InChI is InChI=1S/C12H14N2O6/c1-7-3-2-6-13(10(7)12(16)17)11(15)8-4-5-9(20-8)14(18)19/h4-5,7,10H,2-3,6H2,1H3,(H,16,17). The number of hydrogen-bond donors (Lipinski definition) is 1. The highest BCUT2D eigenvalue weighted by atomic mass is 16.6. The Bertz CT molecular complexity index is 552. The van der Waals surface area contributed by atoms with Gasteiger partial charge in [0.1, 0.15) is 11.0 Å². The quantitative estimate of drug-likeness (QED) is 0.664. The van der Waals surface area contributed by atoms with Crippen LogP contribution >= 0.6 is 0 Å². The highest BCUT2D eigenvalue weighted by Gasteiger charge is 2.38. The smallest absolute Gasteiger partial charge is 0.433 e. The van der Waals surface area contributed by atoms with E-state index in [9.17, 15) is 24.8 Å². The van der Waals surface area contributed by atoms with Crippen LogP contribution in [0.15, 0.2) is 16.5 Å². The summed E-state index contributed by atoms with van der Waals surface area (Å²) in [6, 6.07) is 1.34. The molecule has 1 N–H and O–H groups in total. The summed E-state index contributed by atoms with van der Waals surface area (Å²) >= 11 is 0. The number of likely N-dealkylation sites (tertiary alicyclic amines) is 1. The molecule has 1 fully saturated rings. The van der Waals surface area contributed by atoms with Crippen molar-refractivity contribution in [3.63, 3.8) is 0 Å². The number of nitrogens with zero attached hydrogens (tertiary/aromatic N) is 2. The van der Waals surface area contributed by atoms with Gasteiger partial charge in [-0.25, -0.2) is 4.79 Å². The fourth-order valence-electron chi connectivity index (χ4n) is 2.47. The van der Waals surface area contributed by atoms with E-state index in [0.717, 1.165) is 12.5 Å². The molecular weight excluding hydrogens is 268 g/mol. The molecule has 0 bridgehead atoms. The van der Waals surface area contributed by atoms with Gasteiger partial charge in [-0.2, -0.15) is 0 Å². The Morgan fingerprint density at radius 3 is 2.75 bits per heavy atom. The van der Waals surface area contributed by atoms with Gasteiger partial charge in [-0.1, -0.05) is 6.92 Å². The average molecular weight is 282 g/mol. The van der Waals surface area contributed by atoms with Crippen LogP contribution in [0.5, 0.6) is 0 Å². The van der Waals surface area contributed by atoms with Crippen molar-refractivity contribution in [3.05, 3.63) is 28.0 Å². The second kappa shape index (κ2) is 5.32. The zero-order valence-corrected chi connectivity index (χ0v) is 10.8. The Morgan fingerprint density at radius 2 is 2.20 bits per heavy atom. The number of aliphatic carboxylic acids is 1. The monoisotopic (exact) mass is 282 g/mol. The first-order chi connectivity index (χ1) is 9.41. The van der Waals surface area contributed by atoms with Crippen LogP contribution in [0.4, 0.5) is 5.88 Å². The van der Waals surface area contributed by atoms with Crippen molar-refractivity contribution in [3.8, 4) is 0 Å². The maximum Gasteiger partial charge on any atom is 0.433 e. The molecule has 1 amide bonds. The van der Waals surface area contributed by atoms with Crippen LogP contribution in [-0.4, -0.2) is 39.4 Å². The molecule has 0 saturated carbocycles. The van der Waals surface area contributed by atoms with Gasteiger partial charge in [-0.15, -0.1) is 0 Å². The molecule has 2 unspecified atom stereocenters. The molecule has 1 aromatic heterocycles. The maximum absolute atomic E-state index is 12.2. The molecule has 108 valence electrons. The molecule has 2 heterocycles. The zero-order valence-electron chi connectivity index (χ0n) is 10.8. The van der Waals surface area contributed by atoms with E-state index < -0.39 is 28.7 Å². The SMILES string of the molecule is CC1CCCN(C(=O)c2ccc([N+](=O)[O-])o2)C1C(=O)O. The molecule has 0 aliphatic carbocycles. The van der Waals surface area contributed by atoms with E-state index in [2.05, 4.69) is 0 Å². The van der Waals surface area contributed by atoms with Crippen LogP contribution in [0.2, 0.25) is 0 Å². The molecule has 8 nitrogen and oxygen atoms in total. The maximum atomic E-state index is 12.2. The Hall–Kier alpha value is -2.38. The third kappa shape index (κ3) is 2.49. The fraction of sp³-hybridized carbons (Fsp3) is 0.500. The van der Waals surface area contributed by atoms with Gasteiger partial charge in [-0.3, -0.25) is 14.9 Å². The van der Waals surface area contributed by atoms with E-state index in [1.54, 1.807) is 6.92 Å². The van der Waals surface area contributed by atoms with Crippen LogP contribution in [0, 0.1) is 16.0 Å². The average Bonchev–Trinajstić information content (AvgIpc) is 2.86. The Balaban J connectivity index is 2.25. The van der Waals surface area contributed by atoms with Crippen molar-refractivity contribution < 1.29 is 24.0 Å². The third-order valence-corrected chi connectivity index (χ3v) is 3.43. The molecule has 1 aromatic rings. The van der Waals surface area contributed by atoms with Gasteiger partial charge in [0.25, 0.3) is 5.91 Å². The number of rotatable bonds is 3. The summed E-state index contributed by atoms with van der Waals surface area (Å²) in [6.45, 7) is 2.07. The molecular formula is C12H14N2O6. The summed E-state index contributed by atoms with van der Waals surface area (Å²) in [7, 11) is 0. The van der Waals surface area contributed by atoms with Crippen molar-refractivity contribution in [2.75, 3.05) is 6.54 Å². The lowest BCUT2D eigenvalue weighted by Crippen LogP contribution is -2.51. The summed E-state index contributed by atoms with van der Waals surface area (Å²) in [5.74, 6) is -2.62. The van der Waals surface area contributed by atoms with Crippen molar-refractivity contribution in [2.45, 2.75) is 25.8 Å². The molecule has 1 aliphatic heterocycles. The van der Waals surface area contributed by atoms with Gasteiger partial charge in [0.05, 0.1) is 6.07 Å². The highest BCUT2D eigenvalue weighted by molar-refractivity contribution is 5.94. The van der Waals surface area contributed by atoms with E-state index >= 15 is 0 Å².